The number of hydrogen-bond acceptors (Lipinski definition) is 1. The van der Waals surface area contributed by atoms with E-state index in [-0.39, 0.29) is 13.6 Å². The van der Waals surface area contributed by atoms with E-state index in [9.17, 15) is 8.78 Å². The van der Waals surface area contributed by atoms with Crippen LogP contribution in [-0.4, -0.2) is 14.5 Å². The zero-order chi connectivity index (χ0) is 9.84. The molecule has 0 unspecified atom stereocenters. The number of ether oxygens (including phenoxy) is 1. The predicted molar refractivity (Wildman–Crippen MR) is 51.7 cm³/mol. The third-order valence-electron chi connectivity index (χ3n) is 1.30. The fourth-order valence-corrected chi connectivity index (χ4v) is 0.775. The molecule has 72 valence electrons. The largest absolute Gasteiger partial charge is 0.488 e. The highest BCUT2D eigenvalue weighted by Gasteiger charge is 2.08. The van der Waals surface area contributed by atoms with E-state index >= 15 is 0 Å². The van der Waals surface area contributed by atoms with E-state index < -0.39 is 11.6 Å². The first kappa shape index (κ1) is 10.0. The van der Waals surface area contributed by atoms with Gasteiger partial charge in [0, 0.05) is 0 Å². The maximum absolute atomic E-state index is 13.1. The lowest BCUT2D eigenvalue weighted by atomic mass is 9.96. The molecule has 0 saturated heterocycles. The van der Waals surface area contributed by atoms with Gasteiger partial charge < -0.3 is 4.74 Å². The van der Waals surface area contributed by atoms with Gasteiger partial charge in [-0.05, 0) is 14.3 Å². The fourth-order valence-electron chi connectivity index (χ4n) is 0.775. The molecule has 0 aromatic heterocycles. The standard InChI is InChI=1S/C9H12BF2O/c1-2-3-13-9-7(11)4-6(10)5-8(9)12/h4-5H,2-3H2,1,10H3/q-1. The van der Waals surface area contributed by atoms with E-state index in [1.807, 2.05) is 6.92 Å². The molecule has 0 fully saturated rings. The van der Waals surface area contributed by atoms with Gasteiger partial charge in [-0.25, -0.2) is 14.2 Å². The summed E-state index contributed by atoms with van der Waals surface area (Å²) in [5.41, 5.74) is 0.804. The van der Waals surface area contributed by atoms with Gasteiger partial charge in [-0.15, -0.1) is 0 Å². The number of rotatable bonds is 3. The molecule has 0 spiro atoms. The molecule has 1 aromatic rings. The van der Waals surface area contributed by atoms with Crippen molar-refractivity contribution < 1.29 is 13.5 Å². The van der Waals surface area contributed by atoms with Crippen LogP contribution in [0.1, 0.15) is 13.3 Å². The molecular formula is C9H12BF2O-. The summed E-state index contributed by atoms with van der Waals surface area (Å²) in [6.07, 6.45) is 0.745. The van der Waals surface area contributed by atoms with Crippen molar-refractivity contribution >= 4 is 13.3 Å². The Balaban J connectivity index is 2.92. The maximum Gasteiger partial charge on any atom is 0.190 e. The normalized spacial score (nSPS) is 10.2. The molecule has 0 saturated carbocycles. The third kappa shape index (κ3) is 2.44. The minimum Gasteiger partial charge on any atom is -0.488 e. The van der Waals surface area contributed by atoms with E-state index in [0.29, 0.717) is 6.61 Å². The summed E-state index contributed by atoms with van der Waals surface area (Å²) >= 11 is 0. The average molecular weight is 185 g/mol. The summed E-state index contributed by atoms with van der Waals surface area (Å²) in [7, 11) is -0.159. The predicted octanol–water partition coefficient (Wildman–Crippen LogP) is 0.744. The molecule has 0 aliphatic carbocycles. The smallest absolute Gasteiger partial charge is 0.190 e. The lowest BCUT2D eigenvalue weighted by Crippen LogP contribution is -2.08. The Kier molecular flexibility index (Phi) is 3.28. The van der Waals surface area contributed by atoms with Gasteiger partial charge in [0.1, 0.15) is 0 Å². The number of benzene rings is 1. The zero-order valence-corrected chi connectivity index (χ0v) is 6.73. The van der Waals surface area contributed by atoms with E-state index in [0.717, 1.165) is 11.9 Å². The number of halogens is 2. The molecule has 13 heavy (non-hydrogen) atoms. The van der Waals surface area contributed by atoms with E-state index in [4.69, 9.17) is 4.74 Å². The third-order valence-corrected chi connectivity index (χ3v) is 1.30. The summed E-state index contributed by atoms with van der Waals surface area (Å²) < 4.78 is 31.2. The van der Waals surface area contributed by atoms with Crippen LogP contribution in [-0.2, 0) is 0 Å². The second-order valence-electron chi connectivity index (χ2n) is 2.33. The molecule has 0 amide bonds. The zero-order valence-electron chi connectivity index (χ0n) is 6.73. The van der Waals surface area contributed by atoms with Crippen molar-refractivity contribution in [2.75, 3.05) is 6.61 Å². The average Bonchev–Trinajstić information content (AvgIpc) is 2.02. The lowest BCUT2D eigenvalue weighted by molar-refractivity contribution is 0.285. The Morgan fingerprint density at radius 2 is 1.85 bits per heavy atom. The van der Waals surface area contributed by atoms with Crippen LogP contribution in [0.4, 0.5) is 8.78 Å². The minimum atomic E-state index is -0.571. The van der Waals surface area contributed by atoms with Crippen LogP contribution in [0, 0.1) is 11.6 Å². The molecule has 0 heterocycles. The van der Waals surface area contributed by atoms with E-state index in [1.165, 1.54) is 12.1 Å². The van der Waals surface area contributed by atoms with Crippen LogP contribution in [0.15, 0.2) is 12.1 Å². The highest BCUT2D eigenvalue weighted by molar-refractivity contribution is 6.32. The molecule has 1 rings (SSSR count). The molecule has 0 aliphatic rings. The first-order chi connectivity index (χ1) is 6.15. The highest BCUT2D eigenvalue weighted by atomic mass is 19.1. The van der Waals surface area contributed by atoms with Gasteiger partial charge in [0.2, 0.25) is 0 Å². The van der Waals surface area contributed by atoms with Crippen LogP contribution in [0.25, 0.3) is 0 Å². The summed E-state index contributed by atoms with van der Waals surface area (Å²) in [6.45, 7) is 2.24. The summed E-state index contributed by atoms with van der Waals surface area (Å²) in [4.78, 5) is 0. The van der Waals surface area contributed by atoms with Gasteiger partial charge in [-0.3, -0.25) is 0 Å². The lowest BCUT2D eigenvalue weighted by Gasteiger charge is -2.08. The first-order valence-corrected chi connectivity index (χ1v) is 3.73. The van der Waals surface area contributed by atoms with Crippen molar-refractivity contribution in [1.29, 1.82) is 0 Å². The molecule has 1 aromatic carbocycles. The fraction of sp³-hybridized carbons (Fsp3) is 0.333. The Hall–Kier alpha value is -1.06. The van der Waals surface area contributed by atoms with Crippen LogP contribution in [0.5, 0.6) is 5.75 Å². The molecule has 0 bridgehead atoms. The summed E-state index contributed by atoms with van der Waals surface area (Å²) in [5, 5.41) is 0. The topological polar surface area (TPSA) is 9.23 Å². The molecule has 4 heteroatoms. The Morgan fingerprint density at radius 1 is 1.31 bits per heavy atom. The van der Waals surface area contributed by atoms with Gasteiger partial charge >= 0.3 is 0 Å². The van der Waals surface area contributed by atoms with Gasteiger partial charge in [0.15, 0.2) is 17.4 Å². The van der Waals surface area contributed by atoms with E-state index in [1.54, 1.807) is 0 Å². The summed E-state index contributed by atoms with van der Waals surface area (Å²) in [6, 6.07) is 2.74. The van der Waals surface area contributed by atoms with E-state index in [2.05, 4.69) is 0 Å². The molecule has 1 nitrogen and oxygen atoms in total. The van der Waals surface area contributed by atoms with Gasteiger partial charge in [0.25, 0.3) is 0 Å². The van der Waals surface area contributed by atoms with Crippen molar-refractivity contribution in [2.45, 2.75) is 13.3 Å². The van der Waals surface area contributed by atoms with Crippen molar-refractivity contribution in [1.82, 2.24) is 0 Å². The Morgan fingerprint density at radius 3 is 2.31 bits per heavy atom. The van der Waals surface area contributed by atoms with Gasteiger partial charge in [-0.1, -0.05) is 19.1 Å². The second kappa shape index (κ2) is 4.26. The van der Waals surface area contributed by atoms with Crippen LogP contribution in [0.3, 0.4) is 0 Å². The van der Waals surface area contributed by atoms with Crippen LogP contribution >= 0.6 is 0 Å². The van der Waals surface area contributed by atoms with Crippen molar-refractivity contribution in [2.24, 2.45) is 0 Å². The van der Waals surface area contributed by atoms with Crippen molar-refractivity contribution in [3.05, 3.63) is 23.8 Å². The monoisotopic (exact) mass is 185 g/mol. The SMILES string of the molecule is [BH3-]c1cc(F)c(OCCC)c(F)c1. The minimum absolute atomic E-state index is 0.159. The van der Waals surface area contributed by atoms with Gasteiger partial charge in [0.05, 0.1) is 6.61 Å². The Labute approximate surface area is 77.1 Å². The van der Waals surface area contributed by atoms with Crippen molar-refractivity contribution in [3.8, 4) is 5.75 Å². The van der Waals surface area contributed by atoms with Crippen molar-refractivity contribution in [3.63, 3.8) is 0 Å². The first-order valence-electron chi connectivity index (χ1n) is 3.73. The molecular weight excluding hydrogens is 173 g/mol. The molecule has 0 N–H and O–H groups in total. The molecule has 0 radical (unpaired) electrons. The van der Waals surface area contributed by atoms with Crippen LogP contribution in [0.2, 0.25) is 0 Å². The maximum atomic E-state index is 13.1. The number of hydrogen-bond donors (Lipinski definition) is 0. The quantitative estimate of drug-likeness (QED) is 0.631. The van der Waals surface area contributed by atoms with Gasteiger partial charge in [-0.2, -0.15) is 0 Å². The Bertz CT molecular complexity index is 279. The highest BCUT2D eigenvalue weighted by Crippen LogP contribution is 2.19. The summed E-state index contributed by atoms with van der Waals surface area (Å²) in [5.74, 6) is -1.37. The molecule has 0 atom stereocenters. The second-order valence-corrected chi connectivity index (χ2v) is 2.33. The molecule has 0 aliphatic heterocycles. The van der Waals surface area contributed by atoms with Crippen LogP contribution < -0.4 is 10.2 Å².